The molecule has 4 heteroatoms. The monoisotopic (exact) mass is 185 g/mol. The summed E-state index contributed by atoms with van der Waals surface area (Å²) < 4.78 is 4.73. The van der Waals surface area contributed by atoms with E-state index in [1.807, 2.05) is 0 Å². The van der Waals surface area contributed by atoms with Crippen LogP contribution in [0.3, 0.4) is 0 Å². The predicted molar refractivity (Wildman–Crippen MR) is 48.3 cm³/mol. The van der Waals surface area contributed by atoms with Crippen molar-refractivity contribution in [3.63, 3.8) is 0 Å². The normalized spacial score (nSPS) is 26.9. The Labute approximate surface area is 77.6 Å². The smallest absolute Gasteiger partial charge is 0.407 e. The number of aliphatic hydroxyl groups excluding tert-OH is 1. The van der Waals surface area contributed by atoms with E-state index >= 15 is 0 Å². The lowest BCUT2D eigenvalue weighted by molar-refractivity contribution is 0.146. The van der Waals surface area contributed by atoms with Crippen LogP contribution in [-0.4, -0.2) is 30.0 Å². The minimum Gasteiger partial charge on any atom is -0.450 e. The van der Waals surface area contributed by atoms with E-state index in [9.17, 15) is 4.79 Å². The quantitative estimate of drug-likeness (QED) is 0.626. The first-order valence-corrected chi connectivity index (χ1v) is 4.52. The van der Waals surface area contributed by atoms with Crippen molar-refractivity contribution in [2.24, 2.45) is 0 Å². The van der Waals surface area contributed by atoms with Crippen molar-refractivity contribution in [2.75, 3.05) is 6.61 Å². The van der Waals surface area contributed by atoms with Crippen molar-refractivity contribution < 1.29 is 14.6 Å². The summed E-state index contributed by atoms with van der Waals surface area (Å²) in [6.45, 7) is 2.14. The summed E-state index contributed by atoms with van der Waals surface area (Å²) in [5.41, 5.74) is 0. The van der Waals surface area contributed by atoms with Crippen molar-refractivity contribution >= 4 is 6.09 Å². The molecule has 0 aromatic carbocycles. The fourth-order valence-electron chi connectivity index (χ4n) is 1.25. The number of rotatable bonds is 2. The Balaban J connectivity index is 2.30. The van der Waals surface area contributed by atoms with Crippen molar-refractivity contribution in [2.45, 2.75) is 31.9 Å². The van der Waals surface area contributed by atoms with Gasteiger partial charge in [0.15, 0.2) is 0 Å². The van der Waals surface area contributed by atoms with E-state index in [4.69, 9.17) is 9.84 Å². The van der Waals surface area contributed by atoms with Crippen molar-refractivity contribution in [3.05, 3.63) is 12.2 Å². The maximum atomic E-state index is 11.0. The first kappa shape index (κ1) is 10.1. The average molecular weight is 185 g/mol. The Hall–Kier alpha value is -1.03. The van der Waals surface area contributed by atoms with Crippen molar-refractivity contribution in [1.82, 2.24) is 5.32 Å². The van der Waals surface area contributed by atoms with Gasteiger partial charge in [-0.15, -0.1) is 0 Å². The zero-order valence-electron chi connectivity index (χ0n) is 7.69. The van der Waals surface area contributed by atoms with E-state index in [0.717, 1.165) is 6.42 Å². The van der Waals surface area contributed by atoms with Crippen LogP contribution in [0.1, 0.15) is 19.8 Å². The largest absolute Gasteiger partial charge is 0.450 e. The molecule has 0 aromatic rings. The van der Waals surface area contributed by atoms with Crippen molar-refractivity contribution in [3.8, 4) is 0 Å². The molecule has 0 saturated carbocycles. The molecule has 4 nitrogen and oxygen atoms in total. The van der Waals surface area contributed by atoms with Gasteiger partial charge in [0.25, 0.3) is 0 Å². The predicted octanol–water partition coefficient (Wildman–Crippen LogP) is 0.812. The molecule has 0 spiro atoms. The molecule has 0 aliphatic heterocycles. The Kier molecular flexibility index (Phi) is 3.76. The highest BCUT2D eigenvalue weighted by Crippen LogP contribution is 2.10. The minimum atomic E-state index is -0.395. The van der Waals surface area contributed by atoms with Gasteiger partial charge < -0.3 is 15.2 Å². The second-order valence-electron chi connectivity index (χ2n) is 3.00. The van der Waals surface area contributed by atoms with Crippen LogP contribution in [0, 0.1) is 0 Å². The van der Waals surface area contributed by atoms with Gasteiger partial charge in [0.05, 0.1) is 18.8 Å². The number of ether oxygens (including phenoxy) is 1. The summed E-state index contributed by atoms with van der Waals surface area (Å²) in [7, 11) is 0. The molecule has 2 atom stereocenters. The van der Waals surface area contributed by atoms with Crippen molar-refractivity contribution in [1.29, 1.82) is 0 Å². The van der Waals surface area contributed by atoms with Crippen LogP contribution in [-0.2, 0) is 4.74 Å². The number of hydrogen-bond acceptors (Lipinski definition) is 3. The van der Waals surface area contributed by atoms with Gasteiger partial charge >= 0.3 is 6.09 Å². The van der Waals surface area contributed by atoms with E-state index in [1.165, 1.54) is 0 Å². The lowest BCUT2D eigenvalue weighted by atomic mass is 10.0. The van der Waals surface area contributed by atoms with Crippen LogP contribution in [0.4, 0.5) is 4.79 Å². The van der Waals surface area contributed by atoms with Crippen LogP contribution >= 0.6 is 0 Å². The second kappa shape index (κ2) is 4.87. The maximum Gasteiger partial charge on any atom is 0.407 e. The van der Waals surface area contributed by atoms with E-state index in [-0.39, 0.29) is 12.1 Å². The molecule has 2 N–H and O–H groups in total. The van der Waals surface area contributed by atoms with Gasteiger partial charge in [0.2, 0.25) is 0 Å². The summed E-state index contributed by atoms with van der Waals surface area (Å²) in [6.07, 6.45) is 4.18. The van der Waals surface area contributed by atoms with Gasteiger partial charge in [-0.3, -0.25) is 0 Å². The van der Waals surface area contributed by atoms with E-state index in [1.54, 1.807) is 19.1 Å². The van der Waals surface area contributed by atoms with E-state index in [0.29, 0.717) is 13.0 Å². The number of alkyl carbamates (subject to hydrolysis) is 1. The Morgan fingerprint density at radius 3 is 2.92 bits per heavy atom. The van der Waals surface area contributed by atoms with Gasteiger partial charge in [0, 0.05) is 0 Å². The molecule has 1 rings (SSSR count). The lowest BCUT2D eigenvalue weighted by Gasteiger charge is -2.20. The van der Waals surface area contributed by atoms with Crippen LogP contribution in [0.25, 0.3) is 0 Å². The Morgan fingerprint density at radius 1 is 1.62 bits per heavy atom. The summed E-state index contributed by atoms with van der Waals surface area (Å²) in [5, 5.41) is 11.8. The summed E-state index contributed by atoms with van der Waals surface area (Å²) >= 11 is 0. The van der Waals surface area contributed by atoms with Crippen LogP contribution in [0.5, 0.6) is 0 Å². The number of hydrogen-bond donors (Lipinski definition) is 2. The van der Waals surface area contributed by atoms with Gasteiger partial charge in [-0.2, -0.15) is 0 Å². The SMILES string of the molecule is CCOC(=O)N[C@@H]1C=C[C@H](O)CC1. The molecule has 74 valence electrons. The highest BCUT2D eigenvalue weighted by molar-refractivity contribution is 5.67. The Morgan fingerprint density at radius 2 is 2.38 bits per heavy atom. The summed E-state index contributed by atoms with van der Waals surface area (Å²) in [5.74, 6) is 0. The number of carbonyl (C=O) groups excluding carboxylic acids is 1. The lowest BCUT2D eigenvalue weighted by Crippen LogP contribution is -2.36. The zero-order valence-corrected chi connectivity index (χ0v) is 7.69. The van der Waals surface area contributed by atoms with E-state index in [2.05, 4.69) is 5.32 Å². The van der Waals surface area contributed by atoms with Gasteiger partial charge in [-0.05, 0) is 19.8 Å². The first-order valence-electron chi connectivity index (χ1n) is 4.52. The molecule has 0 fully saturated rings. The third-order valence-corrected chi connectivity index (χ3v) is 1.92. The number of carbonyl (C=O) groups is 1. The molecular formula is C9H15NO3. The van der Waals surface area contributed by atoms with Gasteiger partial charge in [-0.1, -0.05) is 12.2 Å². The van der Waals surface area contributed by atoms with Crippen LogP contribution < -0.4 is 5.32 Å². The fraction of sp³-hybridized carbons (Fsp3) is 0.667. The molecule has 0 heterocycles. The standard InChI is InChI=1S/C9H15NO3/c1-2-13-9(12)10-7-3-5-8(11)6-4-7/h3,5,7-8,11H,2,4,6H2,1H3,(H,10,12)/t7-,8+/m1/s1. The van der Waals surface area contributed by atoms with Crippen LogP contribution in [0.2, 0.25) is 0 Å². The fourth-order valence-corrected chi connectivity index (χ4v) is 1.25. The molecule has 0 unspecified atom stereocenters. The highest BCUT2D eigenvalue weighted by atomic mass is 16.5. The minimum absolute atomic E-state index is 0.00227. The molecule has 13 heavy (non-hydrogen) atoms. The summed E-state index contributed by atoms with van der Waals surface area (Å²) in [6, 6.07) is 0.00227. The second-order valence-corrected chi connectivity index (χ2v) is 3.00. The molecule has 0 saturated heterocycles. The first-order chi connectivity index (χ1) is 6.22. The maximum absolute atomic E-state index is 11.0. The third kappa shape index (κ3) is 3.46. The topological polar surface area (TPSA) is 58.6 Å². The molecule has 0 aromatic heterocycles. The highest BCUT2D eigenvalue weighted by Gasteiger charge is 2.15. The summed E-state index contributed by atoms with van der Waals surface area (Å²) in [4.78, 5) is 11.0. The molecule has 1 amide bonds. The number of amides is 1. The molecule has 1 aliphatic rings. The van der Waals surface area contributed by atoms with Crippen LogP contribution in [0.15, 0.2) is 12.2 Å². The molecule has 0 radical (unpaired) electrons. The number of aliphatic hydroxyl groups is 1. The average Bonchev–Trinajstić information content (AvgIpc) is 2.09. The zero-order chi connectivity index (χ0) is 9.68. The van der Waals surface area contributed by atoms with Gasteiger partial charge in [0.1, 0.15) is 0 Å². The molecular weight excluding hydrogens is 170 g/mol. The van der Waals surface area contributed by atoms with E-state index < -0.39 is 6.09 Å². The number of nitrogens with one attached hydrogen (secondary N) is 1. The third-order valence-electron chi connectivity index (χ3n) is 1.92. The van der Waals surface area contributed by atoms with Gasteiger partial charge in [-0.25, -0.2) is 4.79 Å². The molecule has 0 bridgehead atoms. The molecule has 1 aliphatic carbocycles. The Bertz CT molecular complexity index is 203.